The first-order chi connectivity index (χ1) is 14.1. The monoisotopic (exact) mass is 415 g/mol. The number of rotatable bonds is 8. The summed E-state index contributed by atoms with van der Waals surface area (Å²) in [7, 11) is 4.81. The lowest BCUT2D eigenvalue weighted by Crippen LogP contribution is -2.03. The molecule has 0 spiro atoms. The smallest absolute Gasteiger partial charge is 0.229 e. The van der Waals surface area contributed by atoms with E-state index in [1.54, 1.807) is 33.6 Å². The van der Waals surface area contributed by atoms with Crippen LogP contribution in [0, 0.1) is 0 Å². The zero-order valence-corrected chi connectivity index (χ0v) is 17.4. The summed E-state index contributed by atoms with van der Waals surface area (Å²) in [6.07, 6.45) is 3.93. The average molecular weight is 416 g/mol. The van der Waals surface area contributed by atoms with E-state index in [0.717, 1.165) is 29.2 Å². The van der Waals surface area contributed by atoms with Crippen LogP contribution in [0.4, 0.5) is 23.1 Å². The van der Waals surface area contributed by atoms with Gasteiger partial charge in [-0.1, -0.05) is 18.5 Å². The van der Waals surface area contributed by atoms with Gasteiger partial charge in [-0.05, 0) is 12.5 Å². The van der Waals surface area contributed by atoms with Crippen LogP contribution in [0.15, 0.2) is 36.7 Å². The van der Waals surface area contributed by atoms with Crippen LogP contribution in [0.1, 0.15) is 12.5 Å². The normalized spacial score (nSPS) is 10.4. The van der Waals surface area contributed by atoms with Gasteiger partial charge in [-0.25, -0.2) is 9.97 Å². The van der Waals surface area contributed by atoms with Crippen molar-refractivity contribution in [2.45, 2.75) is 13.3 Å². The molecule has 0 radical (unpaired) electrons. The SMILES string of the molecule is CCc1c(OC)cc(Nc2ncc(Cl)c(Nc3ccc(OC)nc3)n2)cc1OC. The van der Waals surface area contributed by atoms with Crippen molar-refractivity contribution in [1.29, 1.82) is 0 Å². The quantitative estimate of drug-likeness (QED) is 0.551. The summed E-state index contributed by atoms with van der Waals surface area (Å²) in [5.74, 6) is 2.79. The number of aromatic nitrogens is 3. The van der Waals surface area contributed by atoms with Gasteiger partial charge in [-0.15, -0.1) is 0 Å². The molecule has 8 nitrogen and oxygen atoms in total. The first-order valence-electron chi connectivity index (χ1n) is 8.89. The second kappa shape index (κ2) is 9.29. The van der Waals surface area contributed by atoms with Gasteiger partial charge in [-0.2, -0.15) is 4.98 Å². The maximum Gasteiger partial charge on any atom is 0.229 e. The Morgan fingerprint density at radius 2 is 1.62 bits per heavy atom. The molecule has 0 atom stereocenters. The van der Waals surface area contributed by atoms with Crippen LogP contribution in [-0.4, -0.2) is 36.3 Å². The van der Waals surface area contributed by atoms with Crippen LogP contribution in [0.5, 0.6) is 17.4 Å². The van der Waals surface area contributed by atoms with Crippen LogP contribution < -0.4 is 24.8 Å². The summed E-state index contributed by atoms with van der Waals surface area (Å²) < 4.78 is 16.0. The molecule has 0 unspecified atom stereocenters. The largest absolute Gasteiger partial charge is 0.496 e. The number of ether oxygens (including phenoxy) is 3. The Hall–Kier alpha value is -3.26. The fourth-order valence-electron chi connectivity index (χ4n) is 2.76. The van der Waals surface area contributed by atoms with E-state index in [0.29, 0.717) is 28.4 Å². The molecule has 0 saturated heterocycles. The topological polar surface area (TPSA) is 90.4 Å². The lowest BCUT2D eigenvalue weighted by atomic mass is 10.1. The number of benzene rings is 1. The van der Waals surface area contributed by atoms with Gasteiger partial charge in [0.15, 0.2) is 5.82 Å². The number of methoxy groups -OCH3 is 3. The Morgan fingerprint density at radius 1 is 0.897 bits per heavy atom. The van der Waals surface area contributed by atoms with E-state index in [4.69, 9.17) is 25.8 Å². The number of nitrogens with one attached hydrogen (secondary N) is 2. The predicted molar refractivity (Wildman–Crippen MR) is 113 cm³/mol. The molecule has 0 aliphatic heterocycles. The molecule has 3 aromatic rings. The Kier molecular flexibility index (Phi) is 6.56. The molecular formula is C20H22ClN5O3. The Balaban J connectivity index is 1.86. The van der Waals surface area contributed by atoms with Gasteiger partial charge in [-0.3, -0.25) is 0 Å². The van der Waals surface area contributed by atoms with E-state index in [1.807, 2.05) is 25.1 Å². The minimum Gasteiger partial charge on any atom is -0.496 e. The van der Waals surface area contributed by atoms with Crippen LogP contribution in [0.3, 0.4) is 0 Å². The minimum atomic E-state index is 0.367. The van der Waals surface area contributed by atoms with E-state index in [-0.39, 0.29) is 0 Å². The number of anilines is 4. The highest BCUT2D eigenvalue weighted by molar-refractivity contribution is 6.32. The van der Waals surface area contributed by atoms with Crippen molar-refractivity contribution in [3.63, 3.8) is 0 Å². The van der Waals surface area contributed by atoms with Gasteiger partial charge >= 0.3 is 0 Å². The second-order valence-electron chi connectivity index (χ2n) is 5.94. The maximum atomic E-state index is 6.24. The number of hydrogen-bond acceptors (Lipinski definition) is 8. The Labute approximate surface area is 174 Å². The molecule has 2 aromatic heterocycles. The van der Waals surface area contributed by atoms with Gasteiger partial charge in [0, 0.05) is 29.4 Å². The van der Waals surface area contributed by atoms with Gasteiger partial charge in [0.25, 0.3) is 0 Å². The number of pyridine rings is 1. The van der Waals surface area contributed by atoms with Gasteiger partial charge in [0.2, 0.25) is 11.8 Å². The van der Waals surface area contributed by atoms with Crippen LogP contribution in [0.25, 0.3) is 0 Å². The molecule has 3 rings (SSSR count). The van der Waals surface area contributed by atoms with Crippen molar-refractivity contribution in [3.8, 4) is 17.4 Å². The first kappa shape index (κ1) is 20.5. The highest BCUT2D eigenvalue weighted by Gasteiger charge is 2.13. The fourth-order valence-corrected chi connectivity index (χ4v) is 2.90. The van der Waals surface area contributed by atoms with E-state index in [9.17, 15) is 0 Å². The zero-order valence-electron chi connectivity index (χ0n) is 16.6. The molecule has 0 saturated carbocycles. The lowest BCUT2D eigenvalue weighted by Gasteiger charge is -2.15. The van der Waals surface area contributed by atoms with Gasteiger partial charge < -0.3 is 24.8 Å². The molecule has 1 aromatic carbocycles. The molecule has 0 aliphatic carbocycles. The van der Waals surface area contributed by atoms with Crippen molar-refractivity contribution in [2.75, 3.05) is 32.0 Å². The zero-order chi connectivity index (χ0) is 20.8. The van der Waals surface area contributed by atoms with Crippen molar-refractivity contribution < 1.29 is 14.2 Å². The highest BCUT2D eigenvalue weighted by atomic mass is 35.5. The third-order valence-corrected chi connectivity index (χ3v) is 4.45. The summed E-state index contributed by atoms with van der Waals surface area (Å²) >= 11 is 6.24. The molecule has 0 amide bonds. The average Bonchev–Trinajstić information content (AvgIpc) is 2.75. The summed E-state index contributed by atoms with van der Waals surface area (Å²) in [6.45, 7) is 2.04. The van der Waals surface area contributed by atoms with E-state index in [2.05, 4.69) is 25.6 Å². The standard InChI is InChI=1S/C20H22ClN5O3/c1-5-14-16(27-2)8-13(9-17(14)28-3)25-20-23-11-15(21)19(26-20)24-12-6-7-18(29-4)22-10-12/h6-11H,5H2,1-4H3,(H2,23,24,25,26). The van der Waals surface area contributed by atoms with Gasteiger partial charge in [0.05, 0.1) is 39.4 Å². The molecule has 9 heteroatoms. The van der Waals surface area contributed by atoms with Crippen molar-refractivity contribution in [2.24, 2.45) is 0 Å². The lowest BCUT2D eigenvalue weighted by molar-refractivity contribution is 0.386. The molecule has 0 fully saturated rings. The van der Waals surface area contributed by atoms with Crippen LogP contribution >= 0.6 is 11.6 Å². The molecule has 0 aliphatic rings. The van der Waals surface area contributed by atoms with E-state index >= 15 is 0 Å². The summed E-state index contributed by atoms with van der Waals surface area (Å²) in [6, 6.07) is 7.31. The molecule has 0 bridgehead atoms. The summed E-state index contributed by atoms with van der Waals surface area (Å²) in [5.41, 5.74) is 2.44. The van der Waals surface area contributed by atoms with E-state index < -0.39 is 0 Å². The first-order valence-corrected chi connectivity index (χ1v) is 9.27. The van der Waals surface area contributed by atoms with Crippen molar-refractivity contribution in [3.05, 3.63) is 47.2 Å². The molecule has 29 heavy (non-hydrogen) atoms. The summed E-state index contributed by atoms with van der Waals surface area (Å²) in [5, 5.41) is 6.66. The maximum absolute atomic E-state index is 6.24. The Morgan fingerprint density at radius 3 is 2.17 bits per heavy atom. The van der Waals surface area contributed by atoms with Gasteiger partial charge in [0.1, 0.15) is 16.5 Å². The van der Waals surface area contributed by atoms with Crippen molar-refractivity contribution in [1.82, 2.24) is 15.0 Å². The van der Waals surface area contributed by atoms with Crippen molar-refractivity contribution >= 4 is 34.7 Å². The number of nitrogens with zero attached hydrogens (tertiary/aromatic N) is 3. The summed E-state index contributed by atoms with van der Waals surface area (Å²) in [4.78, 5) is 12.9. The highest BCUT2D eigenvalue weighted by Crippen LogP contribution is 2.34. The molecule has 2 N–H and O–H groups in total. The van der Waals surface area contributed by atoms with Crippen LogP contribution in [0.2, 0.25) is 5.02 Å². The Bertz CT molecular complexity index is 957. The molecule has 2 heterocycles. The number of hydrogen-bond donors (Lipinski definition) is 2. The molecule has 152 valence electrons. The third kappa shape index (κ3) is 4.78. The molecular weight excluding hydrogens is 394 g/mol. The third-order valence-electron chi connectivity index (χ3n) is 4.17. The van der Waals surface area contributed by atoms with E-state index in [1.165, 1.54) is 6.20 Å². The second-order valence-corrected chi connectivity index (χ2v) is 6.35. The predicted octanol–water partition coefficient (Wildman–Crippen LogP) is 4.60. The van der Waals surface area contributed by atoms with Crippen LogP contribution in [-0.2, 0) is 6.42 Å². The fraction of sp³-hybridized carbons (Fsp3) is 0.250. The minimum absolute atomic E-state index is 0.367. The number of halogens is 1.